The third-order valence-corrected chi connectivity index (χ3v) is 3.00. The predicted molar refractivity (Wildman–Crippen MR) is 50.0 cm³/mol. The second-order valence-electron chi connectivity index (χ2n) is 2.29. The smallest absolute Gasteiger partial charge is 0.181 e. The molecule has 1 aromatic rings. The van der Waals surface area contributed by atoms with Gasteiger partial charge in [-0.2, -0.15) is 11.3 Å². The zero-order valence-electron chi connectivity index (χ0n) is 6.00. The van der Waals surface area contributed by atoms with Crippen molar-refractivity contribution in [2.24, 2.45) is 5.73 Å². The number of ketones is 1. The number of hydrogen-bond acceptors (Lipinski definition) is 3. The molecule has 60 valence electrons. The van der Waals surface area contributed by atoms with E-state index in [4.69, 9.17) is 5.73 Å². The second-order valence-corrected chi connectivity index (χ2v) is 3.88. The number of rotatable bonds is 2. The van der Waals surface area contributed by atoms with Crippen LogP contribution in [0.25, 0.3) is 0 Å². The largest absolute Gasteiger partial charge is 0.321 e. The molecule has 0 amide bonds. The van der Waals surface area contributed by atoms with Crippen LogP contribution in [-0.4, -0.2) is 11.8 Å². The van der Waals surface area contributed by atoms with E-state index in [1.165, 1.54) is 11.3 Å². The summed E-state index contributed by atoms with van der Waals surface area (Å²) in [6, 6.07) is -0.416. The van der Waals surface area contributed by atoms with Gasteiger partial charge >= 0.3 is 0 Å². The molecule has 0 aromatic carbocycles. The molecule has 0 bridgehead atoms. The van der Waals surface area contributed by atoms with Crippen LogP contribution in [0, 0.1) is 0 Å². The molecule has 0 aliphatic rings. The first-order chi connectivity index (χ1) is 5.13. The molecule has 1 heterocycles. The van der Waals surface area contributed by atoms with Crippen molar-refractivity contribution < 1.29 is 4.79 Å². The maximum Gasteiger partial charge on any atom is 0.181 e. The van der Waals surface area contributed by atoms with E-state index in [9.17, 15) is 4.79 Å². The third kappa shape index (κ3) is 1.89. The fourth-order valence-corrected chi connectivity index (χ4v) is 2.18. The van der Waals surface area contributed by atoms with E-state index >= 15 is 0 Å². The number of thiophene rings is 1. The molecule has 1 rings (SSSR count). The van der Waals surface area contributed by atoms with Crippen molar-refractivity contribution in [2.75, 3.05) is 0 Å². The van der Waals surface area contributed by atoms with Crippen molar-refractivity contribution in [2.45, 2.75) is 13.0 Å². The standard InChI is InChI=1S/C7H8BrNOS/c1-4(9)7(10)5-2-11-3-6(5)8/h2-4H,9H2,1H3/t4-/m1/s1. The summed E-state index contributed by atoms with van der Waals surface area (Å²) in [6.07, 6.45) is 0. The van der Waals surface area contributed by atoms with Crippen LogP contribution in [0.1, 0.15) is 17.3 Å². The summed E-state index contributed by atoms with van der Waals surface area (Å²) in [5.41, 5.74) is 6.12. The van der Waals surface area contributed by atoms with Crippen molar-refractivity contribution in [3.8, 4) is 0 Å². The van der Waals surface area contributed by atoms with Gasteiger partial charge in [-0.15, -0.1) is 0 Å². The van der Waals surface area contributed by atoms with Crippen LogP contribution in [0.2, 0.25) is 0 Å². The second kappa shape index (κ2) is 3.47. The quantitative estimate of drug-likeness (QED) is 0.795. The Morgan fingerprint density at radius 2 is 2.36 bits per heavy atom. The molecule has 0 fully saturated rings. The molecule has 0 aliphatic heterocycles. The Bertz CT molecular complexity index is 269. The Kier molecular flexibility index (Phi) is 2.81. The lowest BCUT2D eigenvalue weighted by atomic mass is 10.1. The van der Waals surface area contributed by atoms with Gasteiger partial charge in [-0.05, 0) is 22.9 Å². The number of carbonyl (C=O) groups excluding carboxylic acids is 1. The van der Waals surface area contributed by atoms with E-state index in [0.29, 0.717) is 5.56 Å². The van der Waals surface area contributed by atoms with Crippen LogP contribution >= 0.6 is 27.3 Å². The van der Waals surface area contributed by atoms with Crippen LogP contribution in [-0.2, 0) is 0 Å². The Labute approximate surface area is 77.5 Å². The van der Waals surface area contributed by atoms with Crippen molar-refractivity contribution >= 4 is 33.0 Å². The van der Waals surface area contributed by atoms with Gasteiger partial charge in [0, 0.05) is 20.8 Å². The molecular weight excluding hydrogens is 226 g/mol. The van der Waals surface area contributed by atoms with Gasteiger partial charge in [0.1, 0.15) is 0 Å². The Morgan fingerprint density at radius 1 is 1.73 bits per heavy atom. The van der Waals surface area contributed by atoms with Crippen LogP contribution in [0.4, 0.5) is 0 Å². The van der Waals surface area contributed by atoms with Gasteiger partial charge in [-0.3, -0.25) is 4.79 Å². The molecule has 0 spiro atoms. The molecule has 4 heteroatoms. The van der Waals surface area contributed by atoms with Crippen molar-refractivity contribution in [3.63, 3.8) is 0 Å². The number of carbonyl (C=O) groups is 1. The van der Waals surface area contributed by atoms with Crippen molar-refractivity contribution in [1.82, 2.24) is 0 Å². The summed E-state index contributed by atoms with van der Waals surface area (Å²) in [5.74, 6) is -0.0156. The molecule has 2 N–H and O–H groups in total. The topological polar surface area (TPSA) is 43.1 Å². The summed E-state index contributed by atoms with van der Waals surface area (Å²) in [7, 11) is 0. The monoisotopic (exact) mass is 233 g/mol. The maximum absolute atomic E-state index is 11.3. The van der Waals surface area contributed by atoms with Gasteiger partial charge in [-0.25, -0.2) is 0 Å². The van der Waals surface area contributed by atoms with E-state index in [0.717, 1.165) is 4.47 Å². The highest BCUT2D eigenvalue weighted by Crippen LogP contribution is 2.22. The van der Waals surface area contributed by atoms with Crippen molar-refractivity contribution in [3.05, 3.63) is 20.8 Å². The van der Waals surface area contributed by atoms with E-state index in [1.54, 1.807) is 12.3 Å². The summed E-state index contributed by atoms with van der Waals surface area (Å²) >= 11 is 4.76. The summed E-state index contributed by atoms with van der Waals surface area (Å²) in [4.78, 5) is 11.3. The van der Waals surface area contributed by atoms with E-state index < -0.39 is 6.04 Å². The molecule has 0 aliphatic carbocycles. The van der Waals surface area contributed by atoms with E-state index in [2.05, 4.69) is 15.9 Å². The lowest BCUT2D eigenvalue weighted by Gasteiger charge is -2.01. The lowest BCUT2D eigenvalue weighted by Crippen LogP contribution is -2.26. The van der Waals surface area contributed by atoms with Gasteiger partial charge in [0.05, 0.1) is 6.04 Å². The Hall–Kier alpha value is -0.190. The maximum atomic E-state index is 11.3. The minimum atomic E-state index is -0.416. The first-order valence-electron chi connectivity index (χ1n) is 3.14. The SMILES string of the molecule is C[C@@H](N)C(=O)c1cscc1Br. The minimum absolute atomic E-state index is 0.0156. The first-order valence-corrected chi connectivity index (χ1v) is 4.88. The van der Waals surface area contributed by atoms with Crippen molar-refractivity contribution in [1.29, 1.82) is 0 Å². The molecule has 11 heavy (non-hydrogen) atoms. The molecular formula is C7H8BrNOS. The molecule has 1 atom stereocenters. The highest BCUT2D eigenvalue weighted by atomic mass is 79.9. The van der Waals surface area contributed by atoms with Gasteiger partial charge in [0.25, 0.3) is 0 Å². The zero-order chi connectivity index (χ0) is 8.43. The Morgan fingerprint density at radius 3 is 2.73 bits per heavy atom. The molecule has 2 nitrogen and oxygen atoms in total. The van der Waals surface area contributed by atoms with Gasteiger partial charge in [0.15, 0.2) is 5.78 Å². The molecule has 0 saturated carbocycles. The average Bonchev–Trinajstić information content (AvgIpc) is 2.33. The van der Waals surface area contributed by atoms with Crippen LogP contribution in [0.3, 0.4) is 0 Å². The third-order valence-electron chi connectivity index (χ3n) is 1.29. The van der Waals surface area contributed by atoms with E-state index in [1.807, 2.05) is 5.38 Å². The van der Waals surface area contributed by atoms with Gasteiger partial charge < -0.3 is 5.73 Å². The number of nitrogens with two attached hydrogens (primary N) is 1. The average molecular weight is 234 g/mol. The van der Waals surface area contributed by atoms with Gasteiger partial charge in [-0.1, -0.05) is 0 Å². The van der Waals surface area contributed by atoms with Crippen LogP contribution in [0.15, 0.2) is 15.2 Å². The van der Waals surface area contributed by atoms with Crippen LogP contribution < -0.4 is 5.73 Å². The lowest BCUT2D eigenvalue weighted by molar-refractivity contribution is 0.0967. The zero-order valence-corrected chi connectivity index (χ0v) is 8.41. The first kappa shape index (κ1) is 8.90. The Balaban J connectivity index is 2.93. The summed E-state index contributed by atoms with van der Waals surface area (Å²) < 4.78 is 0.838. The fourth-order valence-electron chi connectivity index (χ4n) is 0.703. The molecule has 0 unspecified atom stereocenters. The predicted octanol–water partition coefficient (Wildman–Crippen LogP) is 2.04. The molecule has 0 saturated heterocycles. The highest BCUT2D eigenvalue weighted by Gasteiger charge is 2.14. The fraction of sp³-hybridized carbons (Fsp3) is 0.286. The molecule has 1 aromatic heterocycles. The summed E-state index contributed by atoms with van der Waals surface area (Å²) in [6.45, 7) is 1.69. The summed E-state index contributed by atoms with van der Waals surface area (Å²) in [5, 5.41) is 3.67. The van der Waals surface area contributed by atoms with Crippen LogP contribution in [0.5, 0.6) is 0 Å². The number of Topliss-reactive ketones (excluding diaryl/α,β-unsaturated/α-hetero) is 1. The van der Waals surface area contributed by atoms with Gasteiger partial charge in [0.2, 0.25) is 0 Å². The van der Waals surface area contributed by atoms with E-state index in [-0.39, 0.29) is 5.78 Å². The number of halogens is 1. The molecule has 0 radical (unpaired) electrons. The highest BCUT2D eigenvalue weighted by molar-refractivity contribution is 9.10. The number of hydrogen-bond donors (Lipinski definition) is 1. The normalized spacial score (nSPS) is 13.0. The minimum Gasteiger partial charge on any atom is -0.321 e.